The average Bonchev–Trinajstić information content (AvgIpc) is 2.56. The molecule has 0 aliphatic carbocycles. The molecule has 0 spiro atoms. The summed E-state index contributed by atoms with van der Waals surface area (Å²) in [5.41, 5.74) is 7.72. The highest BCUT2D eigenvalue weighted by molar-refractivity contribution is 6.05. The SMILES string of the molecule is CCOC(=O)C(Cc1ccccc1)C(=O)Nc1ccc(N)cc1. The molecule has 2 rings (SSSR count). The molecule has 0 saturated heterocycles. The fourth-order valence-corrected chi connectivity index (χ4v) is 2.17. The van der Waals surface area contributed by atoms with E-state index in [4.69, 9.17) is 10.5 Å². The van der Waals surface area contributed by atoms with Gasteiger partial charge in [-0.25, -0.2) is 0 Å². The molecular formula is C18H20N2O3. The van der Waals surface area contributed by atoms with Crippen LogP contribution < -0.4 is 11.1 Å². The van der Waals surface area contributed by atoms with Crippen LogP contribution in [0.3, 0.4) is 0 Å². The molecule has 0 bridgehead atoms. The van der Waals surface area contributed by atoms with Crippen LogP contribution in [0, 0.1) is 5.92 Å². The number of amides is 1. The number of hydrogen-bond acceptors (Lipinski definition) is 4. The third-order valence-electron chi connectivity index (χ3n) is 3.35. The highest BCUT2D eigenvalue weighted by atomic mass is 16.5. The zero-order valence-corrected chi connectivity index (χ0v) is 13.0. The van der Waals surface area contributed by atoms with Gasteiger partial charge in [0.1, 0.15) is 5.92 Å². The monoisotopic (exact) mass is 312 g/mol. The van der Waals surface area contributed by atoms with Gasteiger partial charge in [-0.1, -0.05) is 30.3 Å². The van der Waals surface area contributed by atoms with Gasteiger partial charge in [-0.15, -0.1) is 0 Å². The largest absolute Gasteiger partial charge is 0.465 e. The normalized spacial score (nSPS) is 11.5. The highest BCUT2D eigenvalue weighted by Crippen LogP contribution is 2.16. The topological polar surface area (TPSA) is 81.4 Å². The Kier molecular flexibility index (Phi) is 5.74. The van der Waals surface area contributed by atoms with E-state index < -0.39 is 17.8 Å². The van der Waals surface area contributed by atoms with Crippen LogP contribution in [0.4, 0.5) is 11.4 Å². The number of hydrogen-bond donors (Lipinski definition) is 2. The molecule has 0 fully saturated rings. The molecule has 5 nitrogen and oxygen atoms in total. The Bertz CT molecular complexity index is 654. The van der Waals surface area contributed by atoms with Crippen molar-refractivity contribution < 1.29 is 14.3 Å². The van der Waals surface area contributed by atoms with Crippen molar-refractivity contribution in [3.8, 4) is 0 Å². The Labute approximate surface area is 135 Å². The number of carbonyl (C=O) groups is 2. The Hall–Kier alpha value is -2.82. The van der Waals surface area contributed by atoms with E-state index in [-0.39, 0.29) is 6.61 Å². The Balaban J connectivity index is 2.13. The van der Waals surface area contributed by atoms with Gasteiger partial charge < -0.3 is 15.8 Å². The molecule has 2 aromatic carbocycles. The summed E-state index contributed by atoms with van der Waals surface area (Å²) >= 11 is 0. The van der Waals surface area contributed by atoms with Crippen molar-refractivity contribution in [2.45, 2.75) is 13.3 Å². The number of ether oxygens (including phenoxy) is 1. The summed E-state index contributed by atoms with van der Waals surface area (Å²) in [5.74, 6) is -1.81. The highest BCUT2D eigenvalue weighted by Gasteiger charge is 2.28. The second kappa shape index (κ2) is 7.98. The zero-order chi connectivity index (χ0) is 16.7. The Morgan fingerprint density at radius 1 is 1.09 bits per heavy atom. The lowest BCUT2D eigenvalue weighted by Gasteiger charge is -2.16. The van der Waals surface area contributed by atoms with Gasteiger partial charge in [0.15, 0.2) is 0 Å². The summed E-state index contributed by atoms with van der Waals surface area (Å²) in [5, 5.41) is 2.73. The lowest BCUT2D eigenvalue weighted by molar-refractivity contribution is -0.150. The smallest absolute Gasteiger partial charge is 0.318 e. The van der Waals surface area contributed by atoms with Crippen LogP contribution in [0.5, 0.6) is 0 Å². The van der Waals surface area contributed by atoms with Crippen molar-refractivity contribution >= 4 is 23.3 Å². The summed E-state index contributed by atoms with van der Waals surface area (Å²) in [6, 6.07) is 16.1. The molecule has 23 heavy (non-hydrogen) atoms. The summed E-state index contributed by atoms with van der Waals surface area (Å²) in [6.45, 7) is 1.95. The quantitative estimate of drug-likeness (QED) is 0.488. The molecule has 0 aliphatic rings. The number of nitrogens with two attached hydrogens (primary N) is 1. The van der Waals surface area contributed by atoms with E-state index in [1.54, 1.807) is 31.2 Å². The van der Waals surface area contributed by atoms with Crippen molar-refractivity contribution in [2.24, 2.45) is 5.92 Å². The van der Waals surface area contributed by atoms with Gasteiger partial charge in [0.05, 0.1) is 6.61 Å². The van der Waals surface area contributed by atoms with Crippen molar-refractivity contribution in [3.63, 3.8) is 0 Å². The van der Waals surface area contributed by atoms with Crippen LogP contribution in [0.2, 0.25) is 0 Å². The van der Waals surface area contributed by atoms with Crippen molar-refractivity contribution in [1.29, 1.82) is 0 Å². The molecule has 0 radical (unpaired) electrons. The summed E-state index contributed by atoms with van der Waals surface area (Å²) in [7, 11) is 0. The minimum absolute atomic E-state index is 0.235. The first kappa shape index (κ1) is 16.5. The van der Waals surface area contributed by atoms with E-state index in [0.29, 0.717) is 17.8 Å². The second-order valence-electron chi connectivity index (χ2n) is 5.11. The fourth-order valence-electron chi connectivity index (χ4n) is 2.17. The number of rotatable bonds is 6. The van der Waals surface area contributed by atoms with E-state index in [9.17, 15) is 9.59 Å². The summed E-state index contributed by atoms with van der Waals surface area (Å²) < 4.78 is 5.03. The molecule has 3 N–H and O–H groups in total. The van der Waals surface area contributed by atoms with Gasteiger partial charge in [0, 0.05) is 11.4 Å². The first-order valence-corrected chi connectivity index (χ1v) is 7.47. The third-order valence-corrected chi connectivity index (χ3v) is 3.35. The van der Waals surface area contributed by atoms with Crippen LogP contribution in [0.1, 0.15) is 12.5 Å². The van der Waals surface area contributed by atoms with E-state index >= 15 is 0 Å². The number of esters is 1. The van der Waals surface area contributed by atoms with E-state index in [1.807, 2.05) is 30.3 Å². The molecule has 1 atom stereocenters. The van der Waals surface area contributed by atoms with E-state index in [1.165, 1.54) is 0 Å². The molecule has 5 heteroatoms. The van der Waals surface area contributed by atoms with Gasteiger partial charge in [-0.2, -0.15) is 0 Å². The summed E-state index contributed by atoms with van der Waals surface area (Å²) in [4.78, 5) is 24.6. The lowest BCUT2D eigenvalue weighted by Crippen LogP contribution is -2.33. The average molecular weight is 312 g/mol. The molecule has 0 aliphatic heterocycles. The van der Waals surface area contributed by atoms with Gasteiger partial charge in [-0.05, 0) is 43.2 Å². The number of anilines is 2. The third kappa shape index (κ3) is 4.85. The molecular weight excluding hydrogens is 292 g/mol. The van der Waals surface area contributed by atoms with Crippen molar-refractivity contribution in [1.82, 2.24) is 0 Å². The van der Waals surface area contributed by atoms with Crippen LogP contribution in [0.15, 0.2) is 54.6 Å². The zero-order valence-electron chi connectivity index (χ0n) is 13.0. The molecule has 120 valence electrons. The van der Waals surface area contributed by atoms with Crippen molar-refractivity contribution in [3.05, 3.63) is 60.2 Å². The fraction of sp³-hybridized carbons (Fsp3) is 0.222. The molecule has 0 heterocycles. The molecule has 2 aromatic rings. The second-order valence-corrected chi connectivity index (χ2v) is 5.11. The van der Waals surface area contributed by atoms with Gasteiger partial charge in [0.2, 0.25) is 5.91 Å². The maximum atomic E-state index is 12.5. The van der Waals surface area contributed by atoms with Crippen molar-refractivity contribution in [2.75, 3.05) is 17.7 Å². The van der Waals surface area contributed by atoms with Crippen LogP contribution in [0.25, 0.3) is 0 Å². The number of nitrogens with one attached hydrogen (secondary N) is 1. The molecule has 0 saturated carbocycles. The number of carbonyl (C=O) groups excluding carboxylic acids is 2. The van der Waals surface area contributed by atoms with Gasteiger partial charge in [-0.3, -0.25) is 9.59 Å². The molecule has 0 aromatic heterocycles. The summed E-state index contributed by atoms with van der Waals surface area (Å²) in [6.07, 6.45) is 0.292. The van der Waals surface area contributed by atoms with Gasteiger partial charge >= 0.3 is 5.97 Å². The molecule has 1 unspecified atom stereocenters. The maximum Gasteiger partial charge on any atom is 0.318 e. The van der Waals surface area contributed by atoms with E-state index in [2.05, 4.69) is 5.32 Å². The maximum absolute atomic E-state index is 12.5. The predicted molar refractivity (Wildman–Crippen MR) is 89.8 cm³/mol. The van der Waals surface area contributed by atoms with Crippen LogP contribution >= 0.6 is 0 Å². The Morgan fingerprint density at radius 3 is 2.35 bits per heavy atom. The minimum Gasteiger partial charge on any atom is -0.465 e. The van der Waals surface area contributed by atoms with Crippen LogP contribution in [-0.2, 0) is 20.7 Å². The number of nitrogen functional groups attached to an aromatic ring is 1. The Morgan fingerprint density at radius 2 is 1.74 bits per heavy atom. The van der Waals surface area contributed by atoms with E-state index in [0.717, 1.165) is 5.56 Å². The standard InChI is InChI=1S/C18H20N2O3/c1-2-23-18(22)16(12-13-6-4-3-5-7-13)17(21)20-15-10-8-14(19)9-11-15/h3-11,16H,2,12,19H2,1H3,(H,20,21). The van der Waals surface area contributed by atoms with Gasteiger partial charge in [0.25, 0.3) is 0 Å². The van der Waals surface area contributed by atoms with Crippen LogP contribution in [-0.4, -0.2) is 18.5 Å². The first-order chi connectivity index (χ1) is 11.1. The number of benzene rings is 2. The predicted octanol–water partition coefficient (Wildman–Crippen LogP) is 2.63. The molecule has 1 amide bonds. The lowest BCUT2D eigenvalue weighted by atomic mass is 9.98. The minimum atomic E-state index is -0.894. The first-order valence-electron chi connectivity index (χ1n) is 7.47.